The van der Waals surface area contributed by atoms with Crippen LogP contribution >= 0.6 is 0 Å². The van der Waals surface area contributed by atoms with E-state index < -0.39 is 18.2 Å². The topological polar surface area (TPSA) is 57.2 Å². The average Bonchev–Trinajstić information content (AvgIpc) is 2.64. The molecular weight excluding hydrogens is 308 g/mol. The third kappa shape index (κ3) is 2.94. The second-order valence-electron chi connectivity index (χ2n) is 6.14. The second kappa shape index (κ2) is 7.17. The van der Waals surface area contributed by atoms with Gasteiger partial charge < -0.3 is 24.1 Å². The highest BCUT2D eigenvalue weighted by Crippen LogP contribution is 2.43. The van der Waals surface area contributed by atoms with Crippen LogP contribution in [0, 0.1) is 5.92 Å². The number of hydrogen-bond donors (Lipinski definition) is 1. The molecule has 0 amide bonds. The summed E-state index contributed by atoms with van der Waals surface area (Å²) in [6.45, 7) is 7.94. The van der Waals surface area contributed by atoms with Gasteiger partial charge in [-0.2, -0.15) is 0 Å². The van der Waals surface area contributed by atoms with Crippen LogP contribution < -0.4 is 0 Å². The van der Waals surface area contributed by atoms with Crippen LogP contribution in [0.15, 0.2) is 55.6 Å². The Bertz CT molecular complexity index is 574. The molecule has 6 atom stereocenters. The minimum Gasteiger partial charge on any atom is -0.380 e. The summed E-state index contributed by atoms with van der Waals surface area (Å²) in [5, 5.41) is 11.1. The van der Waals surface area contributed by atoms with Crippen molar-refractivity contribution in [3.63, 3.8) is 0 Å². The maximum Gasteiger partial charge on any atom is 0.190 e. The molecule has 1 N–H and O–H groups in total. The quantitative estimate of drug-likeness (QED) is 0.840. The predicted molar refractivity (Wildman–Crippen MR) is 89.1 cm³/mol. The van der Waals surface area contributed by atoms with Gasteiger partial charge in [0.2, 0.25) is 0 Å². The van der Waals surface area contributed by atoms with Gasteiger partial charge in [0.1, 0.15) is 11.7 Å². The van der Waals surface area contributed by atoms with Gasteiger partial charge in [-0.3, -0.25) is 0 Å². The van der Waals surface area contributed by atoms with E-state index in [-0.39, 0.29) is 18.1 Å². The molecule has 1 aromatic carbocycles. The monoisotopic (exact) mass is 332 g/mol. The summed E-state index contributed by atoms with van der Waals surface area (Å²) in [6, 6.07) is 9.73. The Morgan fingerprint density at radius 2 is 2.04 bits per heavy atom. The second-order valence-corrected chi connectivity index (χ2v) is 6.14. The lowest BCUT2D eigenvalue weighted by Gasteiger charge is -2.52. The van der Waals surface area contributed by atoms with E-state index in [1.54, 1.807) is 6.08 Å². The smallest absolute Gasteiger partial charge is 0.190 e. The van der Waals surface area contributed by atoms with Crippen LogP contribution in [0.2, 0.25) is 0 Å². The first-order chi connectivity index (χ1) is 11.6. The zero-order chi connectivity index (χ0) is 17.2. The molecule has 5 heteroatoms. The van der Waals surface area contributed by atoms with Gasteiger partial charge >= 0.3 is 0 Å². The Labute approximate surface area is 142 Å². The SMILES string of the molecule is C=CC[C@H]1[C@@H]2O[C@H](c3ccccc3)OC[C@H]2O[C@H](OC)[C@]1(O)C=C. The lowest BCUT2D eigenvalue weighted by molar-refractivity contribution is -0.365. The molecule has 2 fully saturated rings. The molecule has 2 aliphatic heterocycles. The Morgan fingerprint density at radius 3 is 2.67 bits per heavy atom. The maximum atomic E-state index is 11.1. The van der Waals surface area contributed by atoms with E-state index in [9.17, 15) is 5.11 Å². The highest BCUT2D eigenvalue weighted by Gasteiger charge is 2.56. The molecule has 24 heavy (non-hydrogen) atoms. The molecule has 2 saturated heterocycles. The Balaban J connectivity index is 1.88. The molecule has 0 saturated carbocycles. The average molecular weight is 332 g/mol. The van der Waals surface area contributed by atoms with Gasteiger partial charge in [0.25, 0.3) is 0 Å². The zero-order valence-electron chi connectivity index (χ0n) is 13.8. The third-order valence-electron chi connectivity index (χ3n) is 4.76. The first kappa shape index (κ1) is 17.3. The molecule has 0 bridgehead atoms. The van der Waals surface area contributed by atoms with Crippen LogP contribution in [0.25, 0.3) is 0 Å². The van der Waals surface area contributed by atoms with E-state index in [2.05, 4.69) is 13.2 Å². The van der Waals surface area contributed by atoms with Gasteiger partial charge in [-0.25, -0.2) is 0 Å². The van der Waals surface area contributed by atoms with Crippen LogP contribution in [-0.4, -0.2) is 42.9 Å². The highest BCUT2D eigenvalue weighted by atomic mass is 16.7. The van der Waals surface area contributed by atoms with Crippen molar-refractivity contribution >= 4 is 0 Å². The Kier molecular flexibility index (Phi) is 5.18. The number of allylic oxidation sites excluding steroid dienone is 1. The van der Waals surface area contributed by atoms with Gasteiger partial charge in [-0.1, -0.05) is 42.5 Å². The van der Waals surface area contributed by atoms with Gasteiger partial charge in [-0.15, -0.1) is 13.2 Å². The van der Waals surface area contributed by atoms with Crippen LogP contribution in [0.1, 0.15) is 18.3 Å². The number of aliphatic hydroxyl groups is 1. The van der Waals surface area contributed by atoms with Crippen molar-refractivity contribution in [1.82, 2.24) is 0 Å². The zero-order valence-corrected chi connectivity index (χ0v) is 13.8. The lowest BCUT2D eigenvalue weighted by Crippen LogP contribution is -2.65. The molecule has 0 aliphatic carbocycles. The van der Waals surface area contributed by atoms with Crippen molar-refractivity contribution in [2.45, 2.75) is 36.8 Å². The standard InChI is InChI=1S/C19H24O5/c1-4-9-14-16-15(23-18(21-3)19(14,20)5-2)12-22-17(24-16)13-10-7-6-8-11-13/h4-8,10-11,14-18,20H,1-2,9,12H2,3H3/t14-,15+,16-,17+,18-,19-/m0/s1. The summed E-state index contributed by atoms with van der Waals surface area (Å²) in [5.41, 5.74) is -0.424. The number of hydrogen-bond acceptors (Lipinski definition) is 5. The highest BCUT2D eigenvalue weighted by molar-refractivity contribution is 5.17. The number of benzene rings is 1. The molecule has 2 heterocycles. The molecule has 130 valence electrons. The van der Waals surface area contributed by atoms with Crippen molar-refractivity contribution in [3.05, 3.63) is 61.2 Å². The van der Waals surface area contributed by atoms with Crippen LogP contribution in [0.4, 0.5) is 0 Å². The van der Waals surface area contributed by atoms with Crippen LogP contribution in [0.5, 0.6) is 0 Å². The largest absolute Gasteiger partial charge is 0.380 e. The molecule has 1 aromatic rings. The van der Waals surface area contributed by atoms with E-state index in [0.717, 1.165) is 5.56 Å². The minimum absolute atomic E-state index is 0.286. The molecule has 0 radical (unpaired) electrons. The Hall–Kier alpha value is -1.50. The first-order valence-electron chi connectivity index (χ1n) is 8.11. The fourth-order valence-electron chi connectivity index (χ4n) is 3.50. The van der Waals surface area contributed by atoms with E-state index in [1.807, 2.05) is 30.3 Å². The molecule has 3 rings (SSSR count). The Morgan fingerprint density at radius 1 is 1.29 bits per heavy atom. The molecule has 0 spiro atoms. The van der Waals surface area contributed by atoms with Crippen LogP contribution in [0.3, 0.4) is 0 Å². The lowest BCUT2D eigenvalue weighted by atomic mass is 9.76. The fraction of sp³-hybridized carbons (Fsp3) is 0.474. The number of ether oxygens (including phenoxy) is 4. The van der Waals surface area contributed by atoms with Crippen molar-refractivity contribution in [3.8, 4) is 0 Å². The molecule has 0 unspecified atom stereocenters. The van der Waals surface area contributed by atoms with E-state index in [4.69, 9.17) is 18.9 Å². The molecular formula is C19H24O5. The predicted octanol–water partition coefficient (Wildman–Crippen LogP) is 2.58. The maximum absolute atomic E-state index is 11.1. The van der Waals surface area contributed by atoms with Crippen molar-refractivity contribution < 1.29 is 24.1 Å². The molecule has 2 aliphatic rings. The number of fused-ring (bicyclic) bond motifs is 1. The summed E-state index contributed by atoms with van der Waals surface area (Å²) < 4.78 is 23.2. The first-order valence-corrected chi connectivity index (χ1v) is 8.11. The van der Waals surface area contributed by atoms with Gasteiger partial charge in [0, 0.05) is 18.6 Å². The summed E-state index contributed by atoms with van der Waals surface area (Å²) in [6.07, 6.45) is 1.82. The summed E-state index contributed by atoms with van der Waals surface area (Å²) in [7, 11) is 1.50. The summed E-state index contributed by atoms with van der Waals surface area (Å²) in [5.74, 6) is -0.286. The van der Waals surface area contributed by atoms with Crippen molar-refractivity contribution in [1.29, 1.82) is 0 Å². The van der Waals surface area contributed by atoms with E-state index >= 15 is 0 Å². The summed E-state index contributed by atoms with van der Waals surface area (Å²) >= 11 is 0. The minimum atomic E-state index is -1.36. The van der Waals surface area contributed by atoms with E-state index in [0.29, 0.717) is 13.0 Å². The van der Waals surface area contributed by atoms with Gasteiger partial charge in [0.05, 0.1) is 12.7 Å². The number of rotatable bonds is 5. The van der Waals surface area contributed by atoms with Crippen molar-refractivity contribution in [2.24, 2.45) is 5.92 Å². The normalized spacial score (nSPS) is 39.0. The fourth-order valence-corrected chi connectivity index (χ4v) is 3.50. The summed E-state index contributed by atoms with van der Waals surface area (Å²) in [4.78, 5) is 0. The van der Waals surface area contributed by atoms with Gasteiger partial charge in [0.15, 0.2) is 12.6 Å². The molecule has 5 nitrogen and oxygen atoms in total. The van der Waals surface area contributed by atoms with E-state index in [1.165, 1.54) is 13.2 Å². The third-order valence-corrected chi connectivity index (χ3v) is 4.76. The van der Waals surface area contributed by atoms with Gasteiger partial charge in [-0.05, 0) is 6.42 Å². The van der Waals surface area contributed by atoms with Crippen molar-refractivity contribution in [2.75, 3.05) is 13.7 Å². The van der Waals surface area contributed by atoms with Crippen LogP contribution in [-0.2, 0) is 18.9 Å². The molecule has 0 aromatic heterocycles. The number of methoxy groups -OCH3 is 1.